The fourth-order valence-electron chi connectivity index (χ4n) is 1.80. The lowest BCUT2D eigenvalue weighted by Crippen LogP contribution is -2.41. The van der Waals surface area contributed by atoms with Crippen LogP contribution in [0.15, 0.2) is 12.2 Å². The number of hydrogen-bond donors (Lipinski definition) is 0. The number of unbranched alkanes of at least 4 members (excludes halogenated alkanes) is 1. The number of carboxylic acid groups (broad SMARTS) is 1. The lowest BCUT2D eigenvalue weighted by atomic mass is 10.1. The predicted octanol–water partition coefficient (Wildman–Crippen LogP) is 0.908. The number of aliphatic carboxylic acids is 1. The molecule has 0 amide bonds. The first-order chi connectivity index (χ1) is 8.24. The molecule has 0 heterocycles. The first kappa shape index (κ1) is 16.8. The summed E-state index contributed by atoms with van der Waals surface area (Å²) in [5.41, 5.74) is 0.620. The molecule has 0 aliphatic carbocycles. The molecule has 0 bridgehead atoms. The highest BCUT2D eigenvalue weighted by Gasteiger charge is 2.15. The van der Waals surface area contributed by atoms with Gasteiger partial charge >= 0.3 is 0 Å². The van der Waals surface area contributed by atoms with Gasteiger partial charge in [0.25, 0.3) is 0 Å². The van der Waals surface area contributed by atoms with Crippen LogP contribution >= 0.6 is 0 Å². The van der Waals surface area contributed by atoms with Crippen molar-refractivity contribution in [1.29, 1.82) is 0 Å². The third-order valence-electron chi connectivity index (χ3n) is 3.04. The van der Waals surface area contributed by atoms with Crippen molar-refractivity contribution in [1.82, 2.24) is 0 Å². The van der Waals surface area contributed by atoms with Crippen LogP contribution in [0, 0.1) is 0 Å². The standard InChI is InChI=1S/C14H25NO3/c1-12(2)13(16)8-7-11-15(3,4)10-6-5-9-14(17)18/h1,5-11H2,2-4H3. The molecule has 0 saturated carbocycles. The summed E-state index contributed by atoms with van der Waals surface area (Å²) in [4.78, 5) is 21.7. The number of nitrogens with zero attached hydrogens (tertiary/aromatic N) is 1. The molecular weight excluding hydrogens is 230 g/mol. The summed E-state index contributed by atoms with van der Waals surface area (Å²) >= 11 is 0. The monoisotopic (exact) mass is 255 g/mol. The minimum atomic E-state index is -0.979. The lowest BCUT2D eigenvalue weighted by Gasteiger charge is -2.29. The topological polar surface area (TPSA) is 57.2 Å². The molecule has 0 atom stereocenters. The molecule has 4 heteroatoms. The number of quaternary nitrogens is 1. The number of hydrogen-bond acceptors (Lipinski definition) is 3. The maximum absolute atomic E-state index is 11.4. The maximum Gasteiger partial charge on any atom is 0.158 e. The van der Waals surface area contributed by atoms with Gasteiger partial charge in [0.05, 0.1) is 27.2 Å². The zero-order valence-corrected chi connectivity index (χ0v) is 11.8. The van der Waals surface area contributed by atoms with Gasteiger partial charge < -0.3 is 14.4 Å². The maximum atomic E-state index is 11.4. The van der Waals surface area contributed by atoms with Gasteiger partial charge in [-0.25, -0.2) is 0 Å². The summed E-state index contributed by atoms with van der Waals surface area (Å²) in [6.07, 6.45) is 3.06. The first-order valence-electron chi connectivity index (χ1n) is 6.45. The molecule has 0 aromatic rings. The van der Waals surface area contributed by atoms with E-state index in [0.29, 0.717) is 18.4 Å². The molecule has 0 N–H and O–H groups in total. The van der Waals surface area contributed by atoms with Gasteiger partial charge in [0.2, 0.25) is 0 Å². The van der Waals surface area contributed by atoms with E-state index < -0.39 is 5.97 Å². The number of carboxylic acids is 1. The number of carbonyl (C=O) groups excluding carboxylic acids is 2. The van der Waals surface area contributed by atoms with Crippen molar-refractivity contribution in [2.45, 2.75) is 39.0 Å². The second kappa shape index (κ2) is 8.03. The van der Waals surface area contributed by atoms with Crippen LogP contribution in [0.2, 0.25) is 0 Å². The molecule has 4 nitrogen and oxygen atoms in total. The number of Topliss-reactive ketones (excluding diaryl/α,β-unsaturated/α-hetero) is 1. The molecule has 104 valence electrons. The van der Waals surface area contributed by atoms with Crippen LogP contribution in [0.1, 0.15) is 39.0 Å². The van der Waals surface area contributed by atoms with E-state index in [4.69, 9.17) is 0 Å². The fourth-order valence-corrected chi connectivity index (χ4v) is 1.80. The zero-order chi connectivity index (χ0) is 14.2. The van der Waals surface area contributed by atoms with Gasteiger partial charge in [0.15, 0.2) is 5.78 Å². The third kappa shape index (κ3) is 8.93. The average molecular weight is 255 g/mol. The summed E-state index contributed by atoms with van der Waals surface area (Å²) < 4.78 is 0.816. The lowest BCUT2D eigenvalue weighted by molar-refractivity contribution is -0.890. The summed E-state index contributed by atoms with van der Waals surface area (Å²) in [5.74, 6) is -0.848. The van der Waals surface area contributed by atoms with Gasteiger partial charge in [0.1, 0.15) is 0 Å². The van der Waals surface area contributed by atoms with Crippen LogP contribution < -0.4 is 5.11 Å². The van der Waals surface area contributed by atoms with E-state index in [1.165, 1.54) is 0 Å². The van der Waals surface area contributed by atoms with Crippen molar-refractivity contribution in [2.75, 3.05) is 27.2 Å². The van der Waals surface area contributed by atoms with E-state index in [1.807, 2.05) is 0 Å². The van der Waals surface area contributed by atoms with Gasteiger partial charge in [-0.05, 0) is 31.8 Å². The largest absolute Gasteiger partial charge is 0.550 e. The molecule has 0 aromatic carbocycles. The van der Waals surface area contributed by atoms with Gasteiger partial charge in [-0.3, -0.25) is 4.79 Å². The molecule has 0 saturated heterocycles. The highest BCUT2D eigenvalue weighted by Crippen LogP contribution is 2.08. The van der Waals surface area contributed by atoms with Crippen LogP contribution in [-0.2, 0) is 9.59 Å². The smallest absolute Gasteiger partial charge is 0.158 e. The third-order valence-corrected chi connectivity index (χ3v) is 3.04. The van der Waals surface area contributed by atoms with E-state index >= 15 is 0 Å². The van der Waals surface area contributed by atoms with Gasteiger partial charge in [-0.1, -0.05) is 6.58 Å². The second-order valence-corrected chi connectivity index (χ2v) is 5.52. The van der Waals surface area contributed by atoms with Gasteiger partial charge in [0, 0.05) is 18.8 Å². The molecule has 0 fully saturated rings. The van der Waals surface area contributed by atoms with Crippen LogP contribution in [0.5, 0.6) is 0 Å². The van der Waals surface area contributed by atoms with Crippen molar-refractivity contribution >= 4 is 11.8 Å². The normalized spacial score (nSPS) is 11.3. The van der Waals surface area contributed by atoms with Crippen molar-refractivity contribution < 1.29 is 19.2 Å². The van der Waals surface area contributed by atoms with E-state index in [1.54, 1.807) is 6.92 Å². The van der Waals surface area contributed by atoms with Gasteiger partial charge in [-0.15, -0.1) is 0 Å². The van der Waals surface area contributed by atoms with Crippen LogP contribution in [0.25, 0.3) is 0 Å². The first-order valence-corrected chi connectivity index (χ1v) is 6.45. The van der Waals surface area contributed by atoms with Crippen molar-refractivity contribution in [2.24, 2.45) is 0 Å². The van der Waals surface area contributed by atoms with Crippen LogP contribution in [-0.4, -0.2) is 43.4 Å². The van der Waals surface area contributed by atoms with Crippen molar-refractivity contribution in [3.63, 3.8) is 0 Å². The molecule has 0 aliphatic rings. The highest BCUT2D eigenvalue weighted by molar-refractivity contribution is 5.93. The summed E-state index contributed by atoms with van der Waals surface area (Å²) in [6.45, 7) is 7.22. The Hall–Kier alpha value is -1.16. The number of ketones is 1. The Labute approximate surface area is 110 Å². The minimum absolute atomic E-state index is 0.131. The Morgan fingerprint density at radius 2 is 1.61 bits per heavy atom. The Bertz CT molecular complexity index is 308. The van der Waals surface area contributed by atoms with E-state index in [9.17, 15) is 14.7 Å². The van der Waals surface area contributed by atoms with Gasteiger partial charge in [-0.2, -0.15) is 0 Å². The quantitative estimate of drug-likeness (QED) is 0.331. The van der Waals surface area contributed by atoms with E-state index in [-0.39, 0.29) is 12.2 Å². The molecule has 0 unspecified atom stereocenters. The fraction of sp³-hybridized carbons (Fsp3) is 0.714. The van der Waals surface area contributed by atoms with Crippen LogP contribution in [0.4, 0.5) is 0 Å². The SMILES string of the molecule is C=C(C)C(=O)CCC[N+](C)(C)CCCCC(=O)[O-]. The molecular formula is C14H25NO3. The summed E-state index contributed by atoms with van der Waals surface area (Å²) in [5, 5.41) is 10.3. The van der Waals surface area contributed by atoms with E-state index in [0.717, 1.165) is 30.4 Å². The average Bonchev–Trinajstić information content (AvgIpc) is 2.23. The second-order valence-electron chi connectivity index (χ2n) is 5.52. The molecule has 0 aromatic heterocycles. The predicted molar refractivity (Wildman–Crippen MR) is 69.8 cm³/mol. The molecule has 0 spiro atoms. The minimum Gasteiger partial charge on any atom is -0.550 e. The Balaban J connectivity index is 3.76. The molecule has 18 heavy (non-hydrogen) atoms. The van der Waals surface area contributed by atoms with Crippen molar-refractivity contribution in [3.8, 4) is 0 Å². The van der Waals surface area contributed by atoms with Crippen molar-refractivity contribution in [3.05, 3.63) is 12.2 Å². The summed E-state index contributed by atoms with van der Waals surface area (Å²) in [6, 6.07) is 0. The zero-order valence-electron chi connectivity index (χ0n) is 11.8. The Morgan fingerprint density at radius 1 is 1.06 bits per heavy atom. The number of carbonyl (C=O) groups is 2. The number of allylic oxidation sites excluding steroid dienone is 1. The highest BCUT2D eigenvalue weighted by atomic mass is 16.4. The molecule has 0 rings (SSSR count). The summed E-state index contributed by atoms with van der Waals surface area (Å²) in [7, 11) is 4.20. The number of rotatable bonds is 10. The Morgan fingerprint density at radius 3 is 2.11 bits per heavy atom. The van der Waals surface area contributed by atoms with Crippen LogP contribution in [0.3, 0.4) is 0 Å². The molecule has 0 radical (unpaired) electrons. The molecule has 0 aliphatic heterocycles. The Kier molecular flexibility index (Phi) is 7.51. The van der Waals surface area contributed by atoms with E-state index in [2.05, 4.69) is 20.7 Å².